The molecule has 21 heavy (non-hydrogen) atoms. The number of hydrogen-bond acceptors (Lipinski definition) is 4. The van der Waals surface area contributed by atoms with Crippen LogP contribution in [0.1, 0.15) is 18.4 Å². The number of benzene rings is 1. The van der Waals surface area contributed by atoms with Crippen molar-refractivity contribution in [1.29, 1.82) is 0 Å². The third-order valence-electron chi connectivity index (χ3n) is 2.71. The Morgan fingerprint density at radius 2 is 1.95 bits per heavy atom. The Kier molecular flexibility index (Phi) is 6.73. The smallest absolute Gasteiger partial charge is 0.234 e. The van der Waals surface area contributed by atoms with E-state index in [1.807, 2.05) is 6.07 Å². The zero-order valence-electron chi connectivity index (χ0n) is 11.7. The summed E-state index contributed by atoms with van der Waals surface area (Å²) in [4.78, 5) is 12.2. The number of thiocarbonyl (C=S) groups is 1. The summed E-state index contributed by atoms with van der Waals surface area (Å²) in [5.41, 5.74) is 6.29. The number of carbonyl (C=O) groups excluding carboxylic acids is 1. The van der Waals surface area contributed by atoms with Crippen molar-refractivity contribution in [3.8, 4) is 0 Å². The Morgan fingerprint density at radius 3 is 2.48 bits per heavy atom. The molecule has 1 aromatic carbocycles. The number of rotatable bonds is 8. The molecule has 116 valence electrons. The molecular weight excluding hydrogens is 310 g/mol. The van der Waals surface area contributed by atoms with E-state index in [0.717, 1.165) is 0 Å². The summed E-state index contributed by atoms with van der Waals surface area (Å²) in [6.45, 7) is 2.00. The van der Waals surface area contributed by atoms with Crippen LogP contribution in [0.3, 0.4) is 0 Å². The van der Waals surface area contributed by atoms with Gasteiger partial charge in [-0.3, -0.25) is 4.79 Å². The summed E-state index contributed by atoms with van der Waals surface area (Å²) in [6, 6.07) is 8.88. The van der Waals surface area contributed by atoms with Crippen LogP contribution < -0.4 is 15.8 Å². The number of sulfonamides is 1. The predicted octanol–water partition coefficient (Wildman–Crippen LogP) is 0.112. The first-order valence-electron chi connectivity index (χ1n) is 6.46. The van der Waals surface area contributed by atoms with E-state index in [4.69, 9.17) is 18.0 Å². The van der Waals surface area contributed by atoms with Crippen LogP contribution in [0.25, 0.3) is 0 Å². The van der Waals surface area contributed by atoms with Crippen LogP contribution in [0.4, 0.5) is 0 Å². The molecule has 0 aromatic heterocycles. The average molecular weight is 329 g/mol. The molecule has 0 bridgehead atoms. The van der Waals surface area contributed by atoms with Gasteiger partial charge < -0.3 is 11.1 Å². The molecule has 0 aliphatic heterocycles. The van der Waals surface area contributed by atoms with Crippen molar-refractivity contribution in [3.63, 3.8) is 0 Å². The van der Waals surface area contributed by atoms with Crippen molar-refractivity contribution in [2.24, 2.45) is 5.73 Å². The molecule has 0 aliphatic carbocycles. The van der Waals surface area contributed by atoms with Crippen molar-refractivity contribution in [2.75, 3.05) is 18.8 Å². The summed E-state index contributed by atoms with van der Waals surface area (Å²) < 4.78 is 25.3. The first-order chi connectivity index (χ1) is 9.87. The molecule has 1 amide bonds. The van der Waals surface area contributed by atoms with Crippen LogP contribution in [-0.4, -0.2) is 38.2 Å². The van der Waals surface area contributed by atoms with E-state index in [9.17, 15) is 13.2 Å². The highest BCUT2D eigenvalue weighted by molar-refractivity contribution is 7.89. The monoisotopic (exact) mass is 329 g/mol. The fourth-order valence-electron chi connectivity index (χ4n) is 1.79. The standard InChI is InChI=1S/C13H19N3O3S2/c1-2-16-21(18,19)9-8-15-13(17)11(12(14)20)10-6-4-3-5-7-10/h3-7,11,16H,2,8-9H2,1H3,(H2,14,20)(H,15,17). The highest BCUT2D eigenvalue weighted by Crippen LogP contribution is 2.15. The molecular formula is C13H19N3O3S2. The van der Waals surface area contributed by atoms with E-state index in [1.165, 1.54) is 0 Å². The second-order valence-corrected chi connectivity index (χ2v) is 6.75. The van der Waals surface area contributed by atoms with Gasteiger partial charge in [0.1, 0.15) is 5.92 Å². The summed E-state index contributed by atoms with van der Waals surface area (Å²) in [5.74, 6) is -1.35. The lowest BCUT2D eigenvalue weighted by Crippen LogP contribution is -2.39. The predicted molar refractivity (Wildman–Crippen MR) is 86.4 cm³/mol. The van der Waals surface area contributed by atoms with Gasteiger partial charge in [-0.15, -0.1) is 0 Å². The van der Waals surface area contributed by atoms with Gasteiger partial charge in [0, 0.05) is 13.1 Å². The average Bonchev–Trinajstić information content (AvgIpc) is 2.39. The van der Waals surface area contributed by atoms with E-state index >= 15 is 0 Å². The minimum atomic E-state index is -3.37. The van der Waals surface area contributed by atoms with Gasteiger partial charge in [-0.25, -0.2) is 13.1 Å². The topological polar surface area (TPSA) is 101 Å². The minimum absolute atomic E-state index is 0.000113. The Bertz CT molecular complexity index is 588. The van der Waals surface area contributed by atoms with Crippen molar-refractivity contribution >= 4 is 33.1 Å². The lowest BCUT2D eigenvalue weighted by molar-refractivity contribution is -0.120. The maximum atomic E-state index is 12.1. The third-order valence-corrected chi connectivity index (χ3v) is 4.42. The van der Waals surface area contributed by atoms with Gasteiger partial charge in [0.05, 0.1) is 10.7 Å². The van der Waals surface area contributed by atoms with Crippen LogP contribution in [0.2, 0.25) is 0 Å². The number of nitrogens with one attached hydrogen (secondary N) is 2. The molecule has 0 saturated carbocycles. The van der Waals surface area contributed by atoms with Gasteiger partial charge in [0.25, 0.3) is 0 Å². The highest BCUT2D eigenvalue weighted by atomic mass is 32.2. The fraction of sp³-hybridized carbons (Fsp3) is 0.385. The SMILES string of the molecule is CCNS(=O)(=O)CCNC(=O)C(C(N)=S)c1ccccc1. The molecule has 4 N–H and O–H groups in total. The molecule has 0 fully saturated rings. The second-order valence-electron chi connectivity index (χ2n) is 4.35. The maximum Gasteiger partial charge on any atom is 0.234 e. The zero-order valence-corrected chi connectivity index (χ0v) is 13.3. The van der Waals surface area contributed by atoms with E-state index in [0.29, 0.717) is 12.1 Å². The lowest BCUT2D eigenvalue weighted by atomic mass is 9.98. The molecule has 1 rings (SSSR count). The van der Waals surface area contributed by atoms with E-state index < -0.39 is 21.8 Å². The van der Waals surface area contributed by atoms with Gasteiger partial charge in [0.15, 0.2) is 0 Å². The Balaban J connectivity index is 2.66. The Labute approximate surface area is 130 Å². The van der Waals surface area contributed by atoms with Crippen LogP contribution in [0.15, 0.2) is 30.3 Å². The van der Waals surface area contributed by atoms with Crippen molar-refractivity contribution in [1.82, 2.24) is 10.0 Å². The van der Waals surface area contributed by atoms with E-state index in [2.05, 4.69) is 10.0 Å². The summed E-state index contributed by atoms with van der Waals surface area (Å²) in [6.07, 6.45) is 0. The van der Waals surface area contributed by atoms with E-state index in [1.54, 1.807) is 31.2 Å². The molecule has 1 unspecified atom stereocenters. The molecule has 0 radical (unpaired) electrons. The first-order valence-corrected chi connectivity index (χ1v) is 8.52. The Hall–Kier alpha value is -1.51. The fourth-order valence-corrected chi connectivity index (χ4v) is 2.99. The largest absolute Gasteiger partial charge is 0.392 e. The van der Waals surface area contributed by atoms with Crippen LogP contribution in [0, 0.1) is 0 Å². The molecule has 0 aliphatic rings. The number of hydrogen-bond donors (Lipinski definition) is 3. The van der Waals surface area contributed by atoms with Gasteiger partial charge >= 0.3 is 0 Å². The van der Waals surface area contributed by atoms with Crippen LogP contribution in [0.5, 0.6) is 0 Å². The van der Waals surface area contributed by atoms with Gasteiger partial charge in [-0.05, 0) is 5.56 Å². The van der Waals surface area contributed by atoms with Crippen molar-refractivity contribution in [3.05, 3.63) is 35.9 Å². The van der Waals surface area contributed by atoms with Crippen molar-refractivity contribution in [2.45, 2.75) is 12.8 Å². The minimum Gasteiger partial charge on any atom is -0.392 e. The van der Waals surface area contributed by atoms with Crippen molar-refractivity contribution < 1.29 is 13.2 Å². The summed E-state index contributed by atoms with van der Waals surface area (Å²) in [7, 11) is -3.37. The molecule has 1 atom stereocenters. The summed E-state index contributed by atoms with van der Waals surface area (Å²) >= 11 is 4.93. The first kappa shape index (κ1) is 17.5. The zero-order chi connectivity index (χ0) is 15.9. The highest BCUT2D eigenvalue weighted by Gasteiger charge is 2.23. The number of amides is 1. The van der Waals surface area contributed by atoms with E-state index in [-0.39, 0.29) is 17.3 Å². The quantitative estimate of drug-likeness (QED) is 0.588. The maximum absolute atomic E-state index is 12.1. The molecule has 0 saturated heterocycles. The Morgan fingerprint density at radius 1 is 1.33 bits per heavy atom. The summed E-state index contributed by atoms with van der Waals surface area (Å²) in [5, 5.41) is 2.55. The lowest BCUT2D eigenvalue weighted by Gasteiger charge is -2.16. The molecule has 0 heterocycles. The van der Waals surface area contributed by atoms with Gasteiger partial charge in [0.2, 0.25) is 15.9 Å². The number of nitrogens with two attached hydrogens (primary N) is 1. The second kappa shape index (κ2) is 8.06. The third kappa shape index (κ3) is 5.78. The molecule has 6 nitrogen and oxygen atoms in total. The van der Waals surface area contributed by atoms with Crippen LogP contribution >= 0.6 is 12.2 Å². The normalized spacial score (nSPS) is 12.6. The molecule has 8 heteroatoms. The van der Waals surface area contributed by atoms with Crippen LogP contribution in [-0.2, 0) is 14.8 Å². The number of carbonyl (C=O) groups is 1. The molecule has 0 spiro atoms. The molecule has 1 aromatic rings. The van der Waals surface area contributed by atoms with Gasteiger partial charge in [-0.2, -0.15) is 0 Å². The van der Waals surface area contributed by atoms with Gasteiger partial charge in [-0.1, -0.05) is 49.5 Å².